The molecule has 0 bridgehead atoms. The largest absolute Gasteiger partial charge is 0.509 e. The fraction of sp³-hybridized carbons (Fsp3) is 0.217. The molecule has 0 unspecified atom stereocenters. The first-order valence-corrected chi connectivity index (χ1v) is 35.3. The second-order valence-corrected chi connectivity index (χ2v) is 32.9. The van der Waals surface area contributed by atoms with Gasteiger partial charge in [-0.1, -0.05) is 279 Å². The van der Waals surface area contributed by atoms with Crippen molar-refractivity contribution in [3.8, 4) is 73.0 Å². The summed E-state index contributed by atoms with van der Waals surface area (Å²) in [6.45, 7) is 37.0. The van der Waals surface area contributed by atoms with Crippen molar-refractivity contribution in [1.29, 1.82) is 0 Å². The van der Waals surface area contributed by atoms with Gasteiger partial charge in [0, 0.05) is 92.6 Å². The second-order valence-electron chi connectivity index (χ2n) is 31.8. The maximum Gasteiger partial charge on any atom is 0.135 e. The van der Waals surface area contributed by atoms with Crippen LogP contribution in [-0.2, 0) is 48.1 Å². The number of nitrogens with zero attached hydrogens (tertiary/aromatic N) is 4. The average molecular weight is 1490 g/mol. The molecule has 4 heterocycles. The summed E-state index contributed by atoms with van der Waals surface area (Å²) in [5.74, 6) is 1.94. The molecule has 0 atom stereocenters. The van der Waals surface area contributed by atoms with E-state index in [4.69, 9.17) is 9.72 Å². The Morgan fingerprint density at radius 2 is 0.899 bits per heavy atom. The van der Waals surface area contributed by atoms with Crippen LogP contribution in [-0.4, -0.2) is 9.55 Å². The number of pyridine rings is 1. The van der Waals surface area contributed by atoms with E-state index in [-0.39, 0.29) is 48.1 Å². The summed E-state index contributed by atoms with van der Waals surface area (Å²) in [6.07, 6.45) is 1.94. The van der Waals surface area contributed by atoms with E-state index in [0.29, 0.717) is 11.5 Å². The molecule has 0 fully saturated rings. The summed E-state index contributed by atoms with van der Waals surface area (Å²) in [5.41, 5.74) is 23.0. The standard InChI is InChI=1S/C92H85N4OS.Pt/c1-88(2,3)63-44-45-93-83(54-63)96-80-43-42-76-75-32-22-25-39-82(75)98-87(76)85(80)77-41-40-69(56-81(77)96)97-70-51-62(84-71(58-28-18-16-19-29-58)33-26-34-72(84)59-30-20-17-21-31-59)50-68(55-70)94-57-95(79-38-24-23-37-78(79)94)86-73(60-46-64(89(4,5)6)52-65(47-60)90(7,8)9)35-27-36-74(86)61-48-66(91(10,11)12)53-67(49-61)92(13,14)15;/h16-54,57H,1-15H3;/q-3;. The molecule has 0 aliphatic carbocycles. The molecule has 99 heavy (non-hydrogen) atoms. The topological polar surface area (TPSA) is 33.5 Å². The average Bonchev–Trinajstić information content (AvgIpc) is 1.59. The van der Waals surface area contributed by atoms with Crippen LogP contribution in [0.3, 0.4) is 0 Å². The molecule has 15 rings (SSSR count). The zero-order chi connectivity index (χ0) is 68.4. The Kier molecular flexibility index (Phi) is 17.0. The Labute approximate surface area is 604 Å². The number of ether oxygens (including phenoxy) is 1. The molecule has 1 aliphatic rings. The van der Waals surface area contributed by atoms with Crippen molar-refractivity contribution in [2.45, 2.75) is 131 Å². The first-order valence-electron chi connectivity index (χ1n) is 34.5. The molecule has 11 aromatic carbocycles. The summed E-state index contributed by atoms with van der Waals surface area (Å²) < 4.78 is 12.2. The maximum atomic E-state index is 7.45. The Bertz CT molecular complexity index is 5210. The van der Waals surface area contributed by atoms with Gasteiger partial charge in [-0.15, -0.1) is 65.0 Å². The fourth-order valence-electron chi connectivity index (χ4n) is 14.1. The van der Waals surface area contributed by atoms with Crippen LogP contribution in [0.4, 0.5) is 22.7 Å². The first-order chi connectivity index (χ1) is 46.7. The van der Waals surface area contributed by atoms with Crippen LogP contribution in [0.1, 0.15) is 132 Å². The van der Waals surface area contributed by atoms with Gasteiger partial charge in [0.25, 0.3) is 0 Å². The van der Waals surface area contributed by atoms with Gasteiger partial charge in [0.2, 0.25) is 0 Å². The Morgan fingerprint density at radius 1 is 0.394 bits per heavy atom. The molecule has 5 nitrogen and oxygen atoms in total. The quantitative estimate of drug-likeness (QED) is 0.128. The van der Waals surface area contributed by atoms with E-state index in [2.05, 4.69) is 368 Å². The summed E-state index contributed by atoms with van der Waals surface area (Å²) in [5, 5.41) is 4.76. The predicted molar refractivity (Wildman–Crippen MR) is 418 cm³/mol. The van der Waals surface area contributed by atoms with E-state index in [0.717, 1.165) is 89.5 Å². The summed E-state index contributed by atoms with van der Waals surface area (Å²) in [4.78, 5) is 9.91. The first kappa shape index (κ1) is 66.9. The molecule has 0 amide bonds. The van der Waals surface area contributed by atoms with Crippen LogP contribution in [0, 0.1) is 18.8 Å². The van der Waals surface area contributed by atoms with Gasteiger partial charge in [0.05, 0.1) is 0 Å². The number of aromatic nitrogens is 2. The minimum atomic E-state index is -0.108. The van der Waals surface area contributed by atoms with Gasteiger partial charge in [-0.05, 0) is 136 Å². The minimum absolute atomic E-state index is 0. The number of para-hydroxylation sites is 3. The van der Waals surface area contributed by atoms with Crippen molar-refractivity contribution in [3.63, 3.8) is 0 Å². The van der Waals surface area contributed by atoms with Crippen molar-refractivity contribution in [2.75, 3.05) is 9.80 Å². The maximum absolute atomic E-state index is 7.45. The normalized spacial score (nSPS) is 13.0. The fourth-order valence-corrected chi connectivity index (χ4v) is 15.4. The molecule has 14 aromatic rings. The number of fused-ring (bicyclic) bond motifs is 8. The van der Waals surface area contributed by atoms with Crippen LogP contribution in [0.15, 0.2) is 237 Å². The van der Waals surface area contributed by atoms with E-state index in [1.54, 1.807) is 0 Å². The number of anilines is 4. The number of hydrogen-bond acceptors (Lipinski definition) is 5. The zero-order valence-electron chi connectivity index (χ0n) is 59.5. The summed E-state index contributed by atoms with van der Waals surface area (Å²) in [6, 6.07) is 93.0. The van der Waals surface area contributed by atoms with E-state index in [1.165, 1.54) is 64.5 Å². The van der Waals surface area contributed by atoms with Gasteiger partial charge >= 0.3 is 0 Å². The van der Waals surface area contributed by atoms with Crippen LogP contribution < -0.4 is 14.5 Å². The molecule has 0 radical (unpaired) electrons. The van der Waals surface area contributed by atoms with Gasteiger partial charge in [-0.3, -0.25) is 0 Å². The molecule has 1 aliphatic heterocycles. The summed E-state index contributed by atoms with van der Waals surface area (Å²) in [7, 11) is 0. The molecule has 0 spiro atoms. The van der Waals surface area contributed by atoms with Gasteiger partial charge in [0.15, 0.2) is 0 Å². The van der Waals surface area contributed by atoms with Crippen molar-refractivity contribution in [1.82, 2.24) is 9.55 Å². The number of hydrogen-bond donors (Lipinski definition) is 0. The minimum Gasteiger partial charge on any atom is -0.509 e. The van der Waals surface area contributed by atoms with E-state index in [1.807, 2.05) is 17.5 Å². The third-order valence-electron chi connectivity index (χ3n) is 19.7. The van der Waals surface area contributed by atoms with Crippen LogP contribution in [0.5, 0.6) is 11.5 Å². The van der Waals surface area contributed by atoms with Gasteiger partial charge in [0.1, 0.15) is 5.82 Å². The number of thiophene rings is 1. The van der Waals surface area contributed by atoms with Crippen molar-refractivity contribution >= 4 is 76.1 Å². The summed E-state index contributed by atoms with van der Waals surface area (Å²) >= 11 is 1.84. The van der Waals surface area contributed by atoms with Crippen LogP contribution in [0.25, 0.3) is 103 Å². The van der Waals surface area contributed by atoms with Crippen molar-refractivity contribution in [2.24, 2.45) is 0 Å². The molecule has 3 aromatic heterocycles. The Morgan fingerprint density at radius 3 is 1.45 bits per heavy atom. The van der Waals surface area contributed by atoms with Gasteiger partial charge in [-0.25, -0.2) is 4.98 Å². The number of rotatable bonds is 10. The van der Waals surface area contributed by atoms with Crippen LogP contribution >= 0.6 is 11.3 Å². The molecule has 0 saturated heterocycles. The molecule has 0 saturated carbocycles. The predicted octanol–water partition coefficient (Wildman–Crippen LogP) is 26.2. The SMILES string of the molecule is CC(C)(C)c1cc(-c2cccc(-c3cc(C(C)(C)C)cc(C(C)(C)C)c3)c2N2[CH-]N(c3[c-]c(Oc4[c-]c5c(cc4)c4c6sc7ccccc7c6ccc4n5-c4cc(C(C)(C)C)ccn4)cc(-c4c(-c5ccccc5)cccc4-c4ccccc4)c3)c3ccccc32)cc(C(C)(C)C)c1.[Pt]. The number of benzene rings is 11. The van der Waals surface area contributed by atoms with E-state index < -0.39 is 0 Å². The third kappa shape index (κ3) is 12.5. The van der Waals surface area contributed by atoms with E-state index >= 15 is 0 Å². The molecule has 498 valence electrons. The zero-order valence-corrected chi connectivity index (χ0v) is 62.6. The Balaban J connectivity index is 0.00000836. The third-order valence-corrected chi connectivity index (χ3v) is 20.9. The molecule has 7 heteroatoms. The molecular formula is C92H85N4OPtS-3. The van der Waals surface area contributed by atoms with Crippen LogP contribution in [0.2, 0.25) is 0 Å². The molecular weight excluding hydrogens is 1400 g/mol. The van der Waals surface area contributed by atoms with Gasteiger partial charge in [-0.2, -0.15) is 6.07 Å². The van der Waals surface area contributed by atoms with E-state index in [9.17, 15) is 0 Å². The van der Waals surface area contributed by atoms with Crippen molar-refractivity contribution in [3.05, 3.63) is 283 Å². The molecule has 0 N–H and O–H groups in total. The monoisotopic (exact) mass is 1490 g/mol. The Hall–Kier alpha value is -9.32. The smallest absolute Gasteiger partial charge is 0.135 e. The van der Waals surface area contributed by atoms with Gasteiger partial charge < -0.3 is 19.1 Å². The second kappa shape index (κ2) is 25.1. The van der Waals surface area contributed by atoms with Crippen molar-refractivity contribution < 1.29 is 25.8 Å².